The van der Waals surface area contributed by atoms with Gasteiger partial charge in [-0.1, -0.05) is 30.7 Å². The van der Waals surface area contributed by atoms with Gasteiger partial charge in [0, 0.05) is 21.2 Å². The maximum absolute atomic E-state index is 13.4. The third kappa shape index (κ3) is 7.16. The monoisotopic (exact) mass is 522 g/mol. The van der Waals surface area contributed by atoms with Gasteiger partial charge in [0.1, 0.15) is 5.75 Å². The summed E-state index contributed by atoms with van der Waals surface area (Å²) in [6.45, 7) is 1.76. The van der Waals surface area contributed by atoms with Crippen LogP contribution in [-0.2, 0) is 11.0 Å². The Labute approximate surface area is 210 Å². The second-order valence-electron chi connectivity index (χ2n) is 7.41. The van der Waals surface area contributed by atoms with E-state index in [1.165, 1.54) is 24.9 Å². The van der Waals surface area contributed by atoms with Gasteiger partial charge in [0.25, 0.3) is 5.91 Å². The predicted octanol–water partition coefficient (Wildman–Crippen LogP) is 7.13. The molecular weight excluding hydrogens is 501 g/mol. The van der Waals surface area contributed by atoms with Crippen molar-refractivity contribution in [2.75, 3.05) is 17.7 Å². The fourth-order valence-corrected chi connectivity index (χ4v) is 4.36. The van der Waals surface area contributed by atoms with Gasteiger partial charge >= 0.3 is 6.18 Å². The van der Waals surface area contributed by atoms with Crippen molar-refractivity contribution >= 4 is 46.6 Å². The lowest BCUT2D eigenvalue weighted by atomic mass is 10.1. The molecule has 0 heterocycles. The molecule has 0 saturated carbocycles. The molecule has 0 fully saturated rings. The average Bonchev–Trinajstić information content (AvgIpc) is 2.83. The normalized spacial score (nSPS) is 12.1. The molecule has 0 aliphatic carbocycles. The zero-order valence-electron chi connectivity index (χ0n) is 18.8. The highest BCUT2D eigenvalue weighted by atomic mass is 35.5. The van der Waals surface area contributed by atoms with Gasteiger partial charge in [-0.05, 0) is 61.0 Å². The Morgan fingerprint density at radius 1 is 1.03 bits per heavy atom. The van der Waals surface area contributed by atoms with Gasteiger partial charge in [0.05, 0.1) is 23.6 Å². The Kier molecular flexibility index (Phi) is 8.69. The van der Waals surface area contributed by atoms with Gasteiger partial charge in [0.15, 0.2) is 0 Å². The van der Waals surface area contributed by atoms with Gasteiger partial charge in [-0.15, -0.1) is 11.8 Å². The molecule has 0 radical (unpaired) electrons. The molecular formula is C25H22ClF3N2O3S. The van der Waals surface area contributed by atoms with E-state index >= 15 is 0 Å². The number of methoxy groups -OCH3 is 1. The molecule has 2 N–H and O–H groups in total. The summed E-state index contributed by atoms with van der Waals surface area (Å²) in [5.41, 5.74) is -0.447. The highest BCUT2D eigenvalue weighted by Crippen LogP contribution is 2.37. The molecule has 35 heavy (non-hydrogen) atoms. The van der Waals surface area contributed by atoms with Crippen LogP contribution in [0.3, 0.4) is 0 Å². The molecule has 0 saturated heterocycles. The Morgan fingerprint density at radius 3 is 2.46 bits per heavy atom. The minimum atomic E-state index is -4.67. The Bertz CT molecular complexity index is 1220. The summed E-state index contributed by atoms with van der Waals surface area (Å²) in [6.07, 6.45) is -4.30. The summed E-state index contributed by atoms with van der Waals surface area (Å²) in [7, 11) is 1.51. The number of benzene rings is 3. The number of hydrogen-bond donors (Lipinski definition) is 2. The lowest BCUT2D eigenvalue weighted by molar-refractivity contribution is -0.137. The third-order valence-corrected chi connectivity index (χ3v) is 6.50. The van der Waals surface area contributed by atoms with E-state index in [2.05, 4.69) is 10.6 Å². The molecule has 0 bridgehead atoms. The van der Waals surface area contributed by atoms with Crippen molar-refractivity contribution < 1.29 is 27.5 Å². The second kappa shape index (κ2) is 11.5. The first-order valence-electron chi connectivity index (χ1n) is 10.5. The van der Waals surface area contributed by atoms with Gasteiger partial charge in [-0.2, -0.15) is 13.2 Å². The van der Waals surface area contributed by atoms with Crippen LogP contribution in [0.1, 0.15) is 29.3 Å². The van der Waals surface area contributed by atoms with Crippen LogP contribution in [0.25, 0.3) is 0 Å². The van der Waals surface area contributed by atoms with E-state index < -0.39 is 22.9 Å². The number of rotatable bonds is 8. The van der Waals surface area contributed by atoms with E-state index in [0.29, 0.717) is 28.3 Å². The van der Waals surface area contributed by atoms with Crippen LogP contribution >= 0.6 is 23.4 Å². The van der Waals surface area contributed by atoms with E-state index in [0.717, 1.165) is 12.1 Å². The molecule has 184 valence electrons. The molecule has 1 unspecified atom stereocenters. The highest BCUT2D eigenvalue weighted by molar-refractivity contribution is 8.00. The third-order valence-electron chi connectivity index (χ3n) is 4.91. The number of halogens is 4. The number of carbonyl (C=O) groups is 2. The first kappa shape index (κ1) is 26.4. The molecule has 0 aliphatic heterocycles. The van der Waals surface area contributed by atoms with Crippen LogP contribution in [0.4, 0.5) is 24.5 Å². The van der Waals surface area contributed by atoms with Crippen LogP contribution in [0.2, 0.25) is 5.02 Å². The molecule has 1 atom stereocenters. The van der Waals surface area contributed by atoms with E-state index in [-0.39, 0.29) is 16.6 Å². The molecule has 5 nitrogen and oxygen atoms in total. The van der Waals surface area contributed by atoms with E-state index in [4.69, 9.17) is 16.3 Å². The second-order valence-corrected chi connectivity index (χ2v) is 9.12. The number of anilines is 2. The fourth-order valence-electron chi connectivity index (χ4n) is 3.17. The first-order chi connectivity index (χ1) is 16.6. The largest absolute Gasteiger partial charge is 0.497 e. The van der Waals surface area contributed by atoms with Crippen molar-refractivity contribution in [2.45, 2.75) is 29.7 Å². The number of nitrogens with one attached hydrogen (secondary N) is 2. The smallest absolute Gasteiger partial charge is 0.418 e. The van der Waals surface area contributed by atoms with Crippen molar-refractivity contribution in [3.05, 3.63) is 82.9 Å². The number of ether oxygens (including phenoxy) is 1. The zero-order chi connectivity index (χ0) is 25.6. The summed E-state index contributed by atoms with van der Waals surface area (Å²) in [4.78, 5) is 26.1. The summed E-state index contributed by atoms with van der Waals surface area (Å²) in [5.74, 6) is -0.359. The molecule has 3 rings (SSSR count). The molecule has 0 aromatic heterocycles. The molecule has 2 amide bonds. The van der Waals surface area contributed by atoms with Crippen LogP contribution < -0.4 is 15.4 Å². The minimum absolute atomic E-state index is 0.0791. The van der Waals surface area contributed by atoms with Gasteiger partial charge in [0.2, 0.25) is 5.91 Å². The van der Waals surface area contributed by atoms with Crippen molar-refractivity contribution in [2.24, 2.45) is 0 Å². The topological polar surface area (TPSA) is 67.4 Å². The average molecular weight is 523 g/mol. The Hall–Kier alpha value is -3.17. The first-order valence-corrected chi connectivity index (χ1v) is 11.8. The SMILES string of the molecule is CCC(Sc1cccc(NC(=O)c2cccc(OC)c2)c1)C(=O)Nc1ccc(Cl)cc1C(F)(F)F. The summed E-state index contributed by atoms with van der Waals surface area (Å²) in [6, 6.07) is 16.8. The van der Waals surface area contributed by atoms with Gasteiger partial charge in [-0.3, -0.25) is 9.59 Å². The maximum atomic E-state index is 13.4. The fraction of sp³-hybridized carbons (Fsp3) is 0.200. The number of hydrogen-bond acceptors (Lipinski definition) is 4. The highest BCUT2D eigenvalue weighted by Gasteiger charge is 2.34. The van der Waals surface area contributed by atoms with Crippen LogP contribution in [-0.4, -0.2) is 24.2 Å². The molecule has 0 spiro atoms. The van der Waals surface area contributed by atoms with E-state index in [1.807, 2.05) is 0 Å². The quantitative estimate of drug-likeness (QED) is 0.309. The summed E-state index contributed by atoms with van der Waals surface area (Å²) >= 11 is 6.89. The van der Waals surface area contributed by atoms with Crippen molar-refractivity contribution in [3.8, 4) is 5.75 Å². The standard InChI is InChI=1S/C25H22ClF3N2O3S/c1-3-22(24(33)31-21-11-10-16(26)13-20(21)25(27,28)29)35-19-9-5-7-17(14-19)30-23(32)15-6-4-8-18(12-15)34-2/h4-14,22H,3H2,1-2H3,(H,30,32)(H,31,33). The number of thioether (sulfide) groups is 1. The van der Waals surface area contributed by atoms with Crippen molar-refractivity contribution in [1.82, 2.24) is 0 Å². The number of amides is 2. The van der Waals surface area contributed by atoms with Gasteiger partial charge in [-0.25, -0.2) is 0 Å². The molecule has 10 heteroatoms. The van der Waals surface area contributed by atoms with Crippen molar-refractivity contribution in [3.63, 3.8) is 0 Å². The van der Waals surface area contributed by atoms with Crippen LogP contribution in [0.15, 0.2) is 71.6 Å². The lowest BCUT2D eigenvalue weighted by Crippen LogP contribution is -2.26. The van der Waals surface area contributed by atoms with E-state index in [1.54, 1.807) is 55.5 Å². The van der Waals surface area contributed by atoms with Crippen LogP contribution in [0.5, 0.6) is 5.75 Å². The van der Waals surface area contributed by atoms with Crippen molar-refractivity contribution in [1.29, 1.82) is 0 Å². The van der Waals surface area contributed by atoms with Gasteiger partial charge < -0.3 is 15.4 Å². The summed E-state index contributed by atoms with van der Waals surface area (Å²) in [5, 5.41) is 4.42. The zero-order valence-corrected chi connectivity index (χ0v) is 20.4. The van der Waals surface area contributed by atoms with E-state index in [9.17, 15) is 22.8 Å². The predicted molar refractivity (Wildman–Crippen MR) is 132 cm³/mol. The molecule has 3 aromatic carbocycles. The number of alkyl halides is 3. The Balaban J connectivity index is 1.72. The number of carbonyl (C=O) groups excluding carboxylic acids is 2. The maximum Gasteiger partial charge on any atom is 0.418 e. The Morgan fingerprint density at radius 2 is 1.77 bits per heavy atom. The summed E-state index contributed by atoms with van der Waals surface area (Å²) < 4.78 is 45.2. The molecule has 0 aliphatic rings. The lowest BCUT2D eigenvalue weighted by Gasteiger charge is -2.18. The minimum Gasteiger partial charge on any atom is -0.497 e. The molecule has 3 aromatic rings. The van der Waals surface area contributed by atoms with Crippen LogP contribution in [0, 0.1) is 0 Å².